The van der Waals surface area contributed by atoms with Gasteiger partial charge in [0.1, 0.15) is 0 Å². The van der Waals surface area contributed by atoms with Crippen LogP contribution in [0.4, 0.5) is 0 Å². The first-order valence-corrected chi connectivity index (χ1v) is 7.70. The summed E-state index contributed by atoms with van der Waals surface area (Å²) in [5.74, 6) is 0.0536. The van der Waals surface area contributed by atoms with E-state index < -0.39 is 11.4 Å². The largest absolute Gasteiger partial charge is 0.481 e. The Morgan fingerprint density at radius 3 is 2.50 bits per heavy atom. The Hall–Kier alpha value is -0.650. The van der Waals surface area contributed by atoms with Gasteiger partial charge in [0.25, 0.3) is 0 Å². The van der Waals surface area contributed by atoms with Crippen LogP contribution in [0.5, 0.6) is 0 Å². The van der Waals surface area contributed by atoms with Gasteiger partial charge in [-0.05, 0) is 58.8 Å². The summed E-state index contributed by atoms with van der Waals surface area (Å²) in [5, 5.41) is 9.59. The Morgan fingerprint density at radius 1 is 1.35 bits per heavy atom. The number of carbonyl (C=O) groups is 1. The predicted octanol–water partition coefficient (Wildman–Crippen LogP) is 1.14. The fraction of sp³-hybridized carbons (Fsp3) is 0.933. The average Bonchev–Trinajstić information content (AvgIpc) is 2.42. The standard InChI is InChI=1S/C15H28N2O3/c1-16-7-3-13(4-8-16)11-17(2)12-15(14(18)19)5-9-20-10-6-15/h13H,3-12H2,1-2H3,(H,18,19). The molecule has 5 nitrogen and oxygen atoms in total. The molecule has 20 heavy (non-hydrogen) atoms. The van der Waals surface area contributed by atoms with E-state index in [1.54, 1.807) is 0 Å². The van der Waals surface area contributed by atoms with Crippen molar-refractivity contribution in [2.45, 2.75) is 25.7 Å². The Labute approximate surface area is 121 Å². The highest BCUT2D eigenvalue weighted by molar-refractivity contribution is 5.75. The van der Waals surface area contributed by atoms with Gasteiger partial charge in [-0.15, -0.1) is 0 Å². The quantitative estimate of drug-likeness (QED) is 0.820. The Balaban J connectivity index is 1.85. The summed E-state index contributed by atoms with van der Waals surface area (Å²) in [7, 11) is 4.24. The molecule has 0 aromatic rings. The number of carboxylic acids is 1. The molecule has 0 saturated carbocycles. The molecule has 2 rings (SSSR count). The lowest BCUT2D eigenvalue weighted by Gasteiger charge is -2.38. The van der Waals surface area contributed by atoms with Crippen molar-refractivity contribution < 1.29 is 14.6 Å². The van der Waals surface area contributed by atoms with E-state index in [0.29, 0.717) is 38.5 Å². The van der Waals surface area contributed by atoms with Gasteiger partial charge in [-0.25, -0.2) is 0 Å². The van der Waals surface area contributed by atoms with Crippen molar-refractivity contribution in [1.29, 1.82) is 0 Å². The van der Waals surface area contributed by atoms with Crippen LogP contribution in [0.2, 0.25) is 0 Å². The normalized spacial score (nSPS) is 24.9. The molecule has 2 aliphatic rings. The Bertz CT molecular complexity index is 321. The lowest BCUT2D eigenvalue weighted by atomic mass is 9.79. The molecule has 0 spiro atoms. The first kappa shape index (κ1) is 15.7. The summed E-state index contributed by atoms with van der Waals surface area (Å²) < 4.78 is 5.33. The maximum absolute atomic E-state index is 11.7. The third-order valence-electron chi connectivity index (χ3n) is 4.88. The lowest BCUT2D eigenvalue weighted by Crippen LogP contribution is -2.47. The molecule has 2 fully saturated rings. The summed E-state index contributed by atoms with van der Waals surface area (Å²) in [5.41, 5.74) is -0.599. The van der Waals surface area contributed by atoms with E-state index in [1.807, 2.05) is 0 Å². The minimum atomic E-state index is -0.656. The van der Waals surface area contributed by atoms with Gasteiger partial charge in [0, 0.05) is 26.3 Å². The van der Waals surface area contributed by atoms with Crippen LogP contribution in [0.3, 0.4) is 0 Å². The topological polar surface area (TPSA) is 53.0 Å². The smallest absolute Gasteiger partial charge is 0.311 e. The second-order valence-electron chi connectivity index (χ2n) is 6.64. The van der Waals surface area contributed by atoms with Gasteiger partial charge >= 0.3 is 5.97 Å². The summed E-state index contributed by atoms with van der Waals surface area (Å²) in [6, 6.07) is 0. The number of rotatable bonds is 5. The van der Waals surface area contributed by atoms with Crippen LogP contribution in [-0.2, 0) is 9.53 Å². The van der Waals surface area contributed by atoms with E-state index in [0.717, 1.165) is 19.6 Å². The number of hydrogen-bond acceptors (Lipinski definition) is 4. The van der Waals surface area contributed by atoms with Crippen molar-refractivity contribution in [2.24, 2.45) is 11.3 Å². The maximum Gasteiger partial charge on any atom is 0.311 e. The van der Waals surface area contributed by atoms with Crippen LogP contribution in [0, 0.1) is 11.3 Å². The van der Waals surface area contributed by atoms with Gasteiger partial charge in [0.2, 0.25) is 0 Å². The number of nitrogens with zero attached hydrogens (tertiary/aromatic N) is 2. The average molecular weight is 284 g/mol. The lowest BCUT2D eigenvalue weighted by molar-refractivity contribution is -0.156. The molecule has 2 heterocycles. The number of ether oxygens (including phenoxy) is 1. The van der Waals surface area contributed by atoms with Crippen molar-refractivity contribution in [3.05, 3.63) is 0 Å². The van der Waals surface area contributed by atoms with Crippen molar-refractivity contribution in [2.75, 3.05) is 53.5 Å². The van der Waals surface area contributed by atoms with Crippen LogP contribution in [0.15, 0.2) is 0 Å². The summed E-state index contributed by atoms with van der Waals surface area (Å²) >= 11 is 0. The molecule has 0 amide bonds. The van der Waals surface area contributed by atoms with Gasteiger partial charge in [-0.2, -0.15) is 0 Å². The molecule has 116 valence electrons. The van der Waals surface area contributed by atoms with E-state index in [1.165, 1.54) is 12.8 Å². The number of likely N-dealkylation sites (tertiary alicyclic amines) is 1. The fourth-order valence-electron chi connectivity index (χ4n) is 3.47. The van der Waals surface area contributed by atoms with Gasteiger partial charge in [0.05, 0.1) is 5.41 Å². The van der Waals surface area contributed by atoms with E-state index in [-0.39, 0.29) is 0 Å². The molecule has 0 radical (unpaired) electrons. The molecule has 0 aromatic heterocycles. The Morgan fingerprint density at radius 2 is 1.95 bits per heavy atom. The minimum absolute atomic E-state index is 0.578. The number of hydrogen-bond donors (Lipinski definition) is 1. The highest BCUT2D eigenvalue weighted by Gasteiger charge is 2.41. The third kappa shape index (κ3) is 3.93. The van der Waals surface area contributed by atoms with Crippen LogP contribution in [0.25, 0.3) is 0 Å². The fourth-order valence-corrected chi connectivity index (χ4v) is 3.47. The van der Waals surface area contributed by atoms with Gasteiger partial charge in [0.15, 0.2) is 0 Å². The van der Waals surface area contributed by atoms with Crippen LogP contribution in [-0.4, -0.2) is 74.4 Å². The molecule has 0 bridgehead atoms. The second-order valence-corrected chi connectivity index (χ2v) is 6.64. The first-order valence-electron chi connectivity index (χ1n) is 7.70. The van der Waals surface area contributed by atoms with Crippen molar-refractivity contribution in [1.82, 2.24) is 9.80 Å². The van der Waals surface area contributed by atoms with Crippen LogP contribution >= 0.6 is 0 Å². The highest BCUT2D eigenvalue weighted by atomic mass is 16.5. The monoisotopic (exact) mass is 284 g/mol. The SMILES string of the molecule is CN1CCC(CN(C)CC2(C(=O)O)CCOCC2)CC1. The maximum atomic E-state index is 11.7. The van der Waals surface area contributed by atoms with E-state index >= 15 is 0 Å². The number of aliphatic carboxylic acids is 1. The molecule has 2 aliphatic heterocycles. The predicted molar refractivity (Wildman–Crippen MR) is 77.8 cm³/mol. The summed E-state index contributed by atoms with van der Waals surface area (Å²) in [6.45, 7) is 5.15. The number of piperidine rings is 1. The highest BCUT2D eigenvalue weighted by Crippen LogP contribution is 2.32. The third-order valence-corrected chi connectivity index (χ3v) is 4.88. The molecule has 0 aliphatic carbocycles. The van der Waals surface area contributed by atoms with E-state index in [4.69, 9.17) is 4.74 Å². The van der Waals surface area contributed by atoms with E-state index in [9.17, 15) is 9.90 Å². The first-order chi connectivity index (χ1) is 9.52. The number of carboxylic acid groups (broad SMARTS) is 1. The zero-order valence-electron chi connectivity index (χ0n) is 12.8. The molecule has 1 N–H and O–H groups in total. The summed E-state index contributed by atoms with van der Waals surface area (Å²) in [4.78, 5) is 16.3. The van der Waals surface area contributed by atoms with Crippen LogP contribution in [0.1, 0.15) is 25.7 Å². The molecule has 2 saturated heterocycles. The van der Waals surface area contributed by atoms with Gasteiger partial charge < -0.3 is 19.6 Å². The molecule has 0 unspecified atom stereocenters. The zero-order valence-corrected chi connectivity index (χ0v) is 12.8. The minimum Gasteiger partial charge on any atom is -0.481 e. The van der Waals surface area contributed by atoms with Crippen molar-refractivity contribution in [3.8, 4) is 0 Å². The summed E-state index contributed by atoms with van der Waals surface area (Å²) in [6.07, 6.45) is 3.73. The van der Waals surface area contributed by atoms with Gasteiger partial charge in [-0.1, -0.05) is 0 Å². The van der Waals surface area contributed by atoms with Crippen molar-refractivity contribution in [3.63, 3.8) is 0 Å². The van der Waals surface area contributed by atoms with Crippen molar-refractivity contribution >= 4 is 5.97 Å². The molecule has 0 atom stereocenters. The zero-order chi connectivity index (χ0) is 14.6. The Kier molecular flexibility index (Phi) is 5.41. The molecular weight excluding hydrogens is 256 g/mol. The van der Waals surface area contributed by atoms with Gasteiger partial charge in [-0.3, -0.25) is 4.79 Å². The van der Waals surface area contributed by atoms with Crippen LogP contribution < -0.4 is 0 Å². The molecular formula is C15H28N2O3. The molecule has 5 heteroatoms. The second kappa shape index (κ2) is 6.87. The van der Waals surface area contributed by atoms with E-state index in [2.05, 4.69) is 23.9 Å². The molecule has 0 aromatic carbocycles.